The zero-order valence-corrected chi connectivity index (χ0v) is 10.9. The summed E-state index contributed by atoms with van der Waals surface area (Å²) in [4.78, 5) is 0. The van der Waals surface area contributed by atoms with Crippen LogP contribution in [0.1, 0.15) is 31.7 Å². The maximum Gasteiger partial charge on any atom is 0.0434 e. The van der Waals surface area contributed by atoms with Crippen LogP contribution in [0.25, 0.3) is 0 Å². The lowest BCUT2D eigenvalue weighted by molar-refractivity contribution is 0.255. The monoisotopic (exact) mass is 236 g/mol. The Morgan fingerprint density at radius 2 is 2.12 bits per heavy atom. The molecule has 0 heterocycles. The van der Waals surface area contributed by atoms with Crippen molar-refractivity contribution >= 4 is 11.4 Å². The van der Waals surface area contributed by atoms with E-state index in [9.17, 15) is 0 Å². The smallest absolute Gasteiger partial charge is 0.0434 e. The molecule has 1 rings (SSSR count). The first-order valence-corrected chi connectivity index (χ1v) is 6.38. The van der Waals surface area contributed by atoms with E-state index in [1.54, 1.807) is 0 Å². The molecule has 0 saturated heterocycles. The molecular formula is C14H24N2O. The summed E-state index contributed by atoms with van der Waals surface area (Å²) in [6, 6.07) is 5.93. The van der Waals surface area contributed by atoms with E-state index in [1.165, 1.54) is 0 Å². The molecule has 1 aromatic rings. The highest BCUT2D eigenvalue weighted by molar-refractivity contribution is 5.62. The second kappa shape index (κ2) is 7.17. The summed E-state index contributed by atoms with van der Waals surface area (Å²) in [6.07, 6.45) is 3.17. The van der Waals surface area contributed by atoms with Crippen LogP contribution in [0.2, 0.25) is 0 Å². The lowest BCUT2D eigenvalue weighted by atomic mass is 10.00. The predicted octanol–water partition coefficient (Wildman–Crippen LogP) is 2.79. The third kappa shape index (κ3) is 4.27. The molecule has 0 radical (unpaired) electrons. The molecule has 0 aliphatic heterocycles. The van der Waals surface area contributed by atoms with Crippen molar-refractivity contribution in [1.82, 2.24) is 0 Å². The van der Waals surface area contributed by atoms with Crippen LogP contribution < -0.4 is 11.1 Å². The number of nitrogen functional groups attached to an aromatic ring is 1. The molecule has 3 nitrogen and oxygen atoms in total. The summed E-state index contributed by atoms with van der Waals surface area (Å²) in [5.74, 6) is 0.533. The van der Waals surface area contributed by atoms with Gasteiger partial charge in [-0.25, -0.2) is 0 Å². The largest absolute Gasteiger partial charge is 0.398 e. The van der Waals surface area contributed by atoms with Gasteiger partial charge in [-0.3, -0.25) is 0 Å². The molecule has 0 fully saturated rings. The fourth-order valence-electron chi connectivity index (χ4n) is 2.04. The predicted molar refractivity (Wildman–Crippen MR) is 74.2 cm³/mol. The summed E-state index contributed by atoms with van der Waals surface area (Å²) >= 11 is 0. The molecule has 1 aromatic carbocycles. The Hall–Kier alpha value is -1.22. The van der Waals surface area contributed by atoms with E-state index in [1.807, 2.05) is 25.1 Å². The van der Waals surface area contributed by atoms with E-state index in [0.717, 1.165) is 42.7 Å². The van der Waals surface area contributed by atoms with E-state index in [0.29, 0.717) is 5.92 Å². The van der Waals surface area contributed by atoms with Crippen LogP contribution in [0.4, 0.5) is 11.4 Å². The summed E-state index contributed by atoms with van der Waals surface area (Å²) in [5.41, 5.74) is 8.89. The second-order valence-corrected chi connectivity index (χ2v) is 4.57. The van der Waals surface area contributed by atoms with Gasteiger partial charge in [-0.15, -0.1) is 0 Å². The molecule has 0 aliphatic carbocycles. The first kappa shape index (κ1) is 13.8. The van der Waals surface area contributed by atoms with Crippen molar-refractivity contribution in [3.8, 4) is 0 Å². The molecule has 0 spiro atoms. The van der Waals surface area contributed by atoms with Crippen molar-refractivity contribution < 1.29 is 5.11 Å². The zero-order chi connectivity index (χ0) is 12.7. The van der Waals surface area contributed by atoms with Crippen LogP contribution in [0, 0.1) is 12.8 Å². The number of aliphatic hydroxyl groups is 1. The molecule has 0 saturated carbocycles. The number of nitrogens with two attached hydrogens (primary N) is 1. The van der Waals surface area contributed by atoms with E-state index < -0.39 is 0 Å². The minimum absolute atomic E-state index is 0.266. The quantitative estimate of drug-likeness (QED) is 0.638. The first-order valence-electron chi connectivity index (χ1n) is 6.38. The van der Waals surface area contributed by atoms with Gasteiger partial charge < -0.3 is 16.2 Å². The van der Waals surface area contributed by atoms with Crippen molar-refractivity contribution in [2.75, 3.05) is 24.2 Å². The molecule has 1 atom stereocenters. The molecule has 17 heavy (non-hydrogen) atoms. The average molecular weight is 236 g/mol. The van der Waals surface area contributed by atoms with Crippen LogP contribution in [-0.2, 0) is 0 Å². The van der Waals surface area contributed by atoms with Gasteiger partial charge in [0.05, 0.1) is 0 Å². The van der Waals surface area contributed by atoms with Crippen LogP contribution in [0.5, 0.6) is 0 Å². The number of anilines is 2. The van der Waals surface area contributed by atoms with Crippen molar-refractivity contribution in [1.29, 1.82) is 0 Å². The number of aliphatic hydroxyl groups excluding tert-OH is 1. The van der Waals surface area contributed by atoms with Gasteiger partial charge in [-0.1, -0.05) is 19.4 Å². The van der Waals surface area contributed by atoms with Gasteiger partial charge in [0.15, 0.2) is 0 Å². The van der Waals surface area contributed by atoms with Crippen molar-refractivity contribution in [3.05, 3.63) is 23.8 Å². The van der Waals surface area contributed by atoms with Gasteiger partial charge in [-0.05, 0) is 43.4 Å². The highest BCUT2D eigenvalue weighted by Crippen LogP contribution is 2.21. The lowest BCUT2D eigenvalue weighted by Gasteiger charge is -2.18. The Morgan fingerprint density at radius 3 is 2.76 bits per heavy atom. The first-order chi connectivity index (χ1) is 8.19. The van der Waals surface area contributed by atoms with Gasteiger partial charge in [0, 0.05) is 24.5 Å². The zero-order valence-electron chi connectivity index (χ0n) is 10.9. The second-order valence-electron chi connectivity index (χ2n) is 4.57. The molecule has 0 bridgehead atoms. The van der Waals surface area contributed by atoms with Gasteiger partial charge in [0.25, 0.3) is 0 Å². The van der Waals surface area contributed by atoms with Crippen LogP contribution in [-0.4, -0.2) is 18.3 Å². The maximum atomic E-state index is 9.01. The van der Waals surface area contributed by atoms with E-state index in [-0.39, 0.29) is 6.61 Å². The Morgan fingerprint density at radius 1 is 1.35 bits per heavy atom. The standard InChI is InChI=1S/C14H24N2O/c1-3-5-12(8-9-17)10-16-14-7-4-6-13(15)11(14)2/h4,6-7,12,16-17H,3,5,8-10,15H2,1-2H3. The molecule has 4 N–H and O–H groups in total. The molecule has 1 unspecified atom stereocenters. The summed E-state index contributed by atoms with van der Waals surface area (Å²) < 4.78 is 0. The lowest BCUT2D eigenvalue weighted by Crippen LogP contribution is -2.16. The Kier molecular flexibility index (Phi) is 5.84. The molecule has 3 heteroatoms. The van der Waals surface area contributed by atoms with E-state index in [2.05, 4.69) is 12.2 Å². The fourth-order valence-corrected chi connectivity index (χ4v) is 2.04. The topological polar surface area (TPSA) is 58.3 Å². The number of nitrogens with one attached hydrogen (secondary N) is 1. The summed E-state index contributed by atoms with van der Waals surface area (Å²) in [7, 11) is 0. The molecular weight excluding hydrogens is 212 g/mol. The van der Waals surface area contributed by atoms with Gasteiger partial charge >= 0.3 is 0 Å². The number of rotatable bonds is 7. The molecule has 0 aliphatic rings. The van der Waals surface area contributed by atoms with Crippen molar-refractivity contribution in [2.45, 2.75) is 33.1 Å². The number of hydrogen-bond acceptors (Lipinski definition) is 3. The van der Waals surface area contributed by atoms with Crippen molar-refractivity contribution in [2.24, 2.45) is 5.92 Å². The Bertz CT molecular complexity index is 333. The van der Waals surface area contributed by atoms with Gasteiger partial charge in [0.2, 0.25) is 0 Å². The van der Waals surface area contributed by atoms with E-state index in [4.69, 9.17) is 10.8 Å². The van der Waals surface area contributed by atoms with Crippen LogP contribution >= 0.6 is 0 Å². The highest BCUT2D eigenvalue weighted by atomic mass is 16.3. The summed E-state index contributed by atoms with van der Waals surface area (Å²) in [5, 5.41) is 12.4. The number of hydrogen-bond donors (Lipinski definition) is 3. The number of benzene rings is 1. The Labute approximate surface area is 104 Å². The highest BCUT2D eigenvalue weighted by Gasteiger charge is 2.08. The average Bonchev–Trinajstić information content (AvgIpc) is 2.31. The normalized spacial score (nSPS) is 12.4. The Balaban J connectivity index is 2.55. The van der Waals surface area contributed by atoms with Crippen LogP contribution in [0.3, 0.4) is 0 Å². The van der Waals surface area contributed by atoms with Gasteiger partial charge in [0.1, 0.15) is 0 Å². The third-order valence-electron chi connectivity index (χ3n) is 3.19. The maximum absolute atomic E-state index is 9.01. The minimum atomic E-state index is 0.266. The molecule has 96 valence electrons. The molecule has 0 aromatic heterocycles. The fraction of sp³-hybridized carbons (Fsp3) is 0.571. The van der Waals surface area contributed by atoms with E-state index >= 15 is 0 Å². The SMILES string of the molecule is CCCC(CCO)CNc1cccc(N)c1C. The van der Waals surface area contributed by atoms with Crippen LogP contribution in [0.15, 0.2) is 18.2 Å². The minimum Gasteiger partial charge on any atom is -0.398 e. The summed E-state index contributed by atoms with van der Waals surface area (Å²) in [6.45, 7) is 5.37. The third-order valence-corrected chi connectivity index (χ3v) is 3.19. The van der Waals surface area contributed by atoms with Gasteiger partial charge in [-0.2, -0.15) is 0 Å². The van der Waals surface area contributed by atoms with Crippen molar-refractivity contribution in [3.63, 3.8) is 0 Å². The molecule has 0 amide bonds.